The minimum Gasteiger partial charge on any atom is -0.371 e. The first-order valence-electron chi connectivity index (χ1n) is 6.68. The summed E-state index contributed by atoms with van der Waals surface area (Å²) in [4.78, 5) is 2.62. The van der Waals surface area contributed by atoms with E-state index >= 15 is 0 Å². The molecule has 0 saturated heterocycles. The topological polar surface area (TPSA) is 3.24 Å². The van der Waals surface area contributed by atoms with Gasteiger partial charge in [-0.2, -0.15) is 0 Å². The molecule has 86 valence electrons. The standard InChI is InChI=1S/C15H21N/c1-3-12-6-8-16-7-4-5-13-9-11(2)10-14(12)15(13)16/h9-10,12H,3-8H2,1-2H3. The van der Waals surface area contributed by atoms with E-state index in [-0.39, 0.29) is 0 Å². The maximum absolute atomic E-state index is 2.62. The van der Waals surface area contributed by atoms with Crippen molar-refractivity contribution in [2.45, 2.75) is 45.4 Å². The third-order valence-corrected chi connectivity index (χ3v) is 4.23. The highest BCUT2D eigenvalue weighted by Crippen LogP contribution is 2.42. The minimum absolute atomic E-state index is 0.808. The van der Waals surface area contributed by atoms with E-state index < -0.39 is 0 Å². The van der Waals surface area contributed by atoms with Gasteiger partial charge in [-0.15, -0.1) is 0 Å². The van der Waals surface area contributed by atoms with E-state index in [9.17, 15) is 0 Å². The molecule has 0 saturated carbocycles. The molecule has 1 aromatic rings. The van der Waals surface area contributed by atoms with Crippen LogP contribution in [0, 0.1) is 6.92 Å². The van der Waals surface area contributed by atoms with Crippen LogP contribution < -0.4 is 4.90 Å². The fourth-order valence-corrected chi connectivity index (χ4v) is 3.46. The van der Waals surface area contributed by atoms with Gasteiger partial charge >= 0.3 is 0 Å². The number of rotatable bonds is 1. The normalized spacial score (nSPS) is 23.1. The first-order chi connectivity index (χ1) is 7.79. The van der Waals surface area contributed by atoms with Crippen molar-refractivity contribution in [1.29, 1.82) is 0 Å². The molecule has 1 nitrogen and oxygen atoms in total. The molecule has 2 aliphatic rings. The van der Waals surface area contributed by atoms with Gasteiger partial charge in [-0.1, -0.05) is 24.6 Å². The predicted molar refractivity (Wildman–Crippen MR) is 69.4 cm³/mol. The molecular weight excluding hydrogens is 194 g/mol. The van der Waals surface area contributed by atoms with Crippen LogP contribution in [0.2, 0.25) is 0 Å². The number of hydrogen-bond acceptors (Lipinski definition) is 1. The van der Waals surface area contributed by atoms with Crippen molar-refractivity contribution in [2.24, 2.45) is 0 Å². The van der Waals surface area contributed by atoms with Crippen molar-refractivity contribution >= 4 is 5.69 Å². The first kappa shape index (κ1) is 10.2. The van der Waals surface area contributed by atoms with Gasteiger partial charge in [0.1, 0.15) is 0 Å². The van der Waals surface area contributed by atoms with Crippen LogP contribution in [0.3, 0.4) is 0 Å². The zero-order valence-corrected chi connectivity index (χ0v) is 10.4. The monoisotopic (exact) mass is 215 g/mol. The van der Waals surface area contributed by atoms with Gasteiger partial charge in [-0.3, -0.25) is 0 Å². The fraction of sp³-hybridized carbons (Fsp3) is 0.600. The first-order valence-corrected chi connectivity index (χ1v) is 6.68. The maximum Gasteiger partial charge on any atom is 0.0434 e. The zero-order valence-electron chi connectivity index (χ0n) is 10.4. The smallest absolute Gasteiger partial charge is 0.0434 e. The van der Waals surface area contributed by atoms with Crippen molar-refractivity contribution in [3.63, 3.8) is 0 Å². The molecule has 1 unspecified atom stereocenters. The summed E-state index contributed by atoms with van der Waals surface area (Å²) in [7, 11) is 0. The van der Waals surface area contributed by atoms with Crippen molar-refractivity contribution in [3.8, 4) is 0 Å². The van der Waals surface area contributed by atoms with Crippen LogP contribution in [-0.4, -0.2) is 13.1 Å². The van der Waals surface area contributed by atoms with Gasteiger partial charge in [0.15, 0.2) is 0 Å². The number of nitrogens with zero attached hydrogens (tertiary/aromatic N) is 1. The summed E-state index contributed by atoms with van der Waals surface area (Å²) < 4.78 is 0. The van der Waals surface area contributed by atoms with E-state index in [2.05, 4.69) is 30.9 Å². The molecule has 1 atom stereocenters. The predicted octanol–water partition coefficient (Wildman–Crippen LogP) is 3.64. The lowest BCUT2D eigenvalue weighted by atomic mass is 9.82. The average Bonchev–Trinajstić information content (AvgIpc) is 2.29. The third kappa shape index (κ3) is 1.45. The molecule has 0 aliphatic carbocycles. The van der Waals surface area contributed by atoms with Gasteiger partial charge in [-0.05, 0) is 49.7 Å². The summed E-state index contributed by atoms with van der Waals surface area (Å²) in [5.41, 5.74) is 6.31. The average molecular weight is 215 g/mol. The molecule has 0 bridgehead atoms. The number of benzene rings is 1. The summed E-state index contributed by atoms with van der Waals surface area (Å²) >= 11 is 0. The second-order valence-electron chi connectivity index (χ2n) is 5.35. The highest BCUT2D eigenvalue weighted by atomic mass is 15.1. The summed E-state index contributed by atoms with van der Waals surface area (Å²) in [6.07, 6.45) is 5.28. The van der Waals surface area contributed by atoms with Gasteiger partial charge < -0.3 is 4.90 Å². The van der Waals surface area contributed by atoms with Crippen molar-refractivity contribution in [3.05, 3.63) is 28.8 Å². The van der Waals surface area contributed by atoms with Crippen LogP contribution in [0.4, 0.5) is 5.69 Å². The molecule has 0 amide bonds. The van der Waals surface area contributed by atoms with E-state index in [1.165, 1.54) is 44.3 Å². The Labute approximate surface area is 98.5 Å². The highest BCUT2D eigenvalue weighted by molar-refractivity contribution is 5.65. The Balaban J connectivity index is 2.17. The van der Waals surface area contributed by atoms with Crippen LogP contribution >= 0.6 is 0 Å². The van der Waals surface area contributed by atoms with Gasteiger partial charge in [0.2, 0.25) is 0 Å². The maximum atomic E-state index is 2.62. The second kappa shape index (κ2) is 3.80. The Morgan fingerprint density at radius 1 is 1.31 bits per heavy atom. The van der Waals surface area contributed by atoms with Crippen molar-refractivity contribution in [1.82, 2.24) is 0 Å². The summed E-state index contributed by atoms with van der Waals surface area (Å²) in [5, 5.41) is 0. The molecule has 1 aromatic carbocycles. The van der Waals surface area contributed by atoms with E-state index in [4.69, 9.17) is 0 Å². The van der Waals surface area contributed by atoms with Gasteiger partial charge in [-0.25, -0.2) is 0 Å². The van der Waals surface area contributed by atoms with Gasteiger partial charge in [0.25, 0.3) is 0 Å². The Morgan fingerprint density at radius 3 is 3.00 bits per heavy atom. The number of hydrogen-bond donors (Lipinski definition) is 0. The molecule has 0 fully saturated rings. The fourth-order valence-electron chi connectivity index (χ4n) is 3.46. The molecule has 0 N–H and O–H groups in total. The van der Waals surface area contributed by atoms with Crippen LogP contribution in [0.1, 0.15) is 48.8 Å². The quantitative estimate of drug-likeness (QED) is 0.691. The largest absolute Gasteiger partial charge is 0.371 e. The molecular formula is C15H21N. The molecule has 16 heavy (non-hydrogen) atoms. The molecule has 2 heterocycles. The van der Waals surface area contributed by atoms with Crippen LogP contribution in [0.25, 0.3) is 0 Å². The highest BCUT2D eigenvalue weighted by Gasteiger charge is 2.28. The SMILES string of the molecule is CCC1CCN2CCCc3cc(C)cc1c32. The lowest BCUT2D eigenvalue weighted by Gasteiger charge is -2.40. The summed E-state index contributed by atoms with van der Waals surface area (Å²) in [5.74, 6) is 0.808. The van der Waals surface area contributed by atoms with E-state index in [0.29, 0.717) is 0 Å². The molecule has 0 radical (unpaired) electrons. The summed E-state index contributed by atoms with van der Waals surface area (Å²) in [6.45, 7) is 7.13. The second-order valence-corrected chi connectivity index (χ2v) is 5.35. The van der Waals surface area contributed by atoms with Crippen LogP contribution in [-0.2, 0) is 6.42 Å². The van der Waals surface area contributed by atoms with E-state index in [0.717, 1.165) is 5.92 Å². The Morgan fingerprint density at radius 2 is 2.19 bits per heavy atom. The van der Waals surface area contributed by atoms with Crippen molar-refractivity contribution < 1.29 is 0 Å². The molecule has 1 heteroatoms. The Kier molecular flexibility index (Phi) is 2.42. The van der Waals surface area contributed by atoms with Crippen LogP contribution in [0.15, 0.2) is 12.1 Å². The van der Waals surface area contributed by atoms with Crippen molar-refractivity contribution in [2.75, 3.05) is 18.0 Å². The van der Waals surface area contributed by atoms with Gasteiger partial charge in [0, 0.05) is 18.8 Å². The van der Waals surface area contributed by atoms with E-state index in [1.54, 1.807) is 16.8 Å². The number of aryl methyl sites for hydroxylation is 2. The van der Waals surface area contributed by atoms with Crippen LogP contribution in [0.5, 0.6) is 0 Å². The summed E-state index contributed by atoms with van der Waals surface area (Å²) in [6, 6.07) is 4.84. The Hall–Kier alpha value is -0.980. The third-order valence-electron chi connectivity index (χ3n) is 4.23. The number of anilines is 1. The molecule has 2 aliphatic heterocycles. The van der Waals surface area contributed by atoms with Gasteiger partial charge in [0.05, 0.1) is 0 Å². The lowest BCUT2D eigenvalue weighted by Crippen LogP contribution is -2.35. The molecule has 0 spiro atoms. The van der Waals surface area contributed by atoms with E-state index in [1.807, 2.05) is 0 Å². The molecule has 0 aromatic heterocycles. The zero-order chi connectivity index (χ0) is 11.1. The Bertz CT molecular complexity index is 408. The molecule has 3 rings (SSSR count). The lowest BCUT2D eigenvalue weighted by molar-refractivity contribution is 0.541. The minimum atomic E-state index is 0.808.